The smallest absolute Gasteiger partial charge is 0.124 e. The summed E-state index contributed by atoms with van der Waals surface area (Å²) in [7, 11) is 0. The molecule has 0 aliphatic rings. The van der Waals surface area contributed by atoms with E-state index in [-0.39, 0.29) is 6.04 Å². The number of rotatable bonds is 4. The van der Waals surface area contributed by atoms with Crippen LogP contribution in [0.4, 0.5) is 0 Å². The van der Waals surface area contributed by atoms with E-state index in [1.54, 1.807) is 0 Å². The van der Waals surface area contributed by atoms with Crippen molar-refractivity contribution in [2.75, 3.05) is 0 Å². The first kappa shape index (κ1) is 13.6. The van der Waals surface area contributed by atoms with Crippen molar-refractivity contribution in [2.45, 2.75) is 19.4 Å². The summed E-state index contributed by atoms with van der Waals surface area (Å²) in [5.74, 6) is 0.843. The van der Waals surface area contributed by atoms with Crippen LogP contribution in [-0.4, -0.2) is 9.97 Å². The summed E-state index contributed by atoms with van der Waals surface area (Å²) in [5.41, 5.74) is 10.7. The summed E-state index contributed by atoms with van der Waals surface area (Å²) in [6.07, 6.45) is 0.780. The lowest BCUT2D eigenvalue weighted by atomic mass is 10.1. The van der Waals surface area contributed by atoms with E-state index in [0.29, 0.717) is 0 Å². The van der Waals surface area contributed by atoms with Gasteiger partial charge < -0.3 is 10.7 Å². The van der Waals surface area contributed by atoms with Crippen LogP contribution >= 0.6 is 0 Å². The molecule has 3 nitrogen and oxygen atoms in total. The second-order valence-electron chi connectivity index (χ2n) is 5.26. The largest absolute Gasteiger partial charge is 0.344 e. The lowest BCUT2D eigenvalue weighted by Gasteiger charge is -2.08. The Balaban J connectivity index is 1.84. The molecule has 1 heterocycles. The molecular weight excluding hydrogens is 258 g/mol. The monoisotopic (exact) mass is 277 g/mol. The first-order valence-electron chi connectivity index (χ1n) is 7.15. The summed E-state index contributed by atoms with van der Waals surface area (Å²) < 4.78 is 0. The molecule has 0 amide bonds. The van der Waals surface area contributed by atoms with Crippen LogP contribution in [0.15, 0.2) is 60.7 Å². The zero-order valence-electron chi connectivity index (χ0n) is 12.1. The van der Waals surface area contributed by atoms with Crippen molar-refractivity contribution >= 4 is 0 Å². The Labute approximate surface area is 124 Å². The van der Waals surface area contributed by atoms with Gasteiger partial charge in [0.1, 0.15) is 5.82 Å². The Kier molecular flexibility index (Phi) is 3.84. The Morgan fingerprint density at radius 3 is 2.29 bits per heavy atom. The van der Waals surface area contributed by atoms with E-state index in [4.69, 9.17) is 10.7 Å². The number of nitrogens with one attached hydrogen (secondary N) is 1. The van der Waals surface area contributed by atoms with E-state index >= 15 is 0 Å². The zero-order valence-corrected chi connectivity index (χ0v) is 12.1. The number of H-pyrrole nitrogens is 1. The highest BCUT2D eigenvalue weighted by Crippen LogP contribution is 2.23. The number of aromatic amines is 1. The number of hydrogen-bond acceptors (Lipinski definition) is 2. The van der Waals surface area contributed by atoms with Gasteiger partial charge in [-0.3, -0.25) is 0 Å². The van der Waals surface area contributed by atoms with Crippen LogP contribution in [0.5, 0.6) is 0 Å². The average molecular weight is 277 g/mol. The second kappa shape index (κ2) is 5.94. The van der Waals surface area contributed by atoms with Crippen LogP contribution < -0.4 is 5.73 Å². The Morgan fingerprint density at radius 1 is 1.00 bits per heavy atom. The predicted molar refractivity (Wildman–Crippen MR) is 85.8 cm³/mol. The fourth-order valence-corrected chi connectivity index (χ4v) is 2.50. The van der Waals surface area contributed by atoms with Crippen LogP contribution in [0.25, 0.3) is 11.3 Å². The molecule has 0 aliphatic heterocycles. The maximum Gasteiger partial charge on any atom is 0.124 e. The minimum absolute atomic E-state index is 0.122. The van der Waals surface area contributed by atoms with Gasteiger partial charge in [0.15, 0.2) is 0 Å². The van der Waals surface area contributed by atoms with Crippen molar-refractivity contribution in [1.29, 1.82) is 0 Å². The van der Waals surface area contributed by atoms with Gasteiger partial charge >= 0.3 is 0 Å². The summed E-state index contributed by atoms with van der Waals surface area (Å²) in [4.78, 5) is 8.02. The molecule has 106 valence electrons. The standard InChI is InChI=1S/C18H19N3/c1-13-17(15-10-6-3-7-11-15)21-18(20-13)16(19)12-14-8-4-2-5-9-14/h2-11,16H,12,19H2,1H3,(H,20,21)/t16-/m1/s1. The molecule has 0 radical (unpaired) electrons. The van der Waals surface area contributed by atoms with Crippen LogP contribution in [0.1, 0.15) is 23.1 Å². The molecule has 0 fully saturated rings. The van der Waals surface area contributed by atoms with Gasteiger partial charge in [0.05, 0.1) is 11.7 Å². The molecule has 3 heteroatoms. The quantitative estimate of drug-likeness (QED) is 0.765. The SMILES string of the molecule is Cc1[nH]c([C@H](N)Cc2ccccc2)nc1-c1ccccc1. The highest BCUT2D eigenvalue weighted by molar-refractivity contribution is 5.61. The van der Waals surface area contributed by atoms with Gasteiger partial charge in [0.25, 0.3) is 0 Å². The molecule has 0 saturated heterocycles. The topological polar surface area (TPSA) is 54.7 Å². The maximum atomic E-state index is 6.29. The summed E-state index contributed by atoms with van der Waals surface area (Å²) >= 11 is 0. The third-order valence-electron chi connectivity index (χ3n) is 3.60. The fourth-order valence-electron chi connectivity index (χ4n) is 2.50. The van der Waals surface area contributed by atoms with Crippen LogP contribution in [0, 0.1) is 6.92 Å². The molecule has 3 aromatic rings. The van der Waals surface area contributed by atoms with Crippen LogP contribution in [-0.2, 0) is 6.42 Å². The first-order valence-corrected chi connectivity index (χ1v) is 7.15. The van der Waals surface area contributed by atoms with Gasteiger partial charge in [0, 0.05) is 11.3 Å². The van der Waals surface area contributed by atoms with Gasteiger partial charge in [0.2, 0.25) is 0 Å². The number of imidazole rings is 1. The number of nitrogens with zero attached hydrogens (tertiary/aromatic N) is 1. The van der Waals surface area contributed by atoms with Crippen molar-refractivity contribution in [3.05, 3.63) is 77.7 Å². The van der Waals surface area contributed by atoms with Gasteiger partial charge in [-0.05, 0) is 18.9 Å². The molecule has 3 N–H and O–H groups in total. The molecule has 0 unspecified atom stereocenters. The first-order chi connectivity index (χ1) is 10.2. The van der Waals surface area contributed by atoms with Crippen LogP contribution in [0.3, 0.4) is 0 Å². The fraction of sp³-hybridized carbons (Fsp3) is 0.167. The normalized spacial score (nSPS) is 12.3. The predicted octanol–water partition coefficient (Wildman–Crippen LogP) is 3.63. The van der Waals surface area contributed by atoms with E-state index in [1.165, 1.54) is 5.56 Å². The second-order valence-corrected chi connectivity index (χ2v) is 5.26. The van der Waals surface area contributed by atoms with Gasteiger partial charge in [-0.1, -0.05) is 60.7 Å². The lowest BCUT2D eigenvalue weighted by molar-refractivity contribution is 0.677. The molecule has 0 bridgehead atoms. The number of nitrogens with two attached hydrogens (primary N) is 1. The van der Waals surface area contributed by atoms with E-state index in [9.17, 15) is 0 Å². The van der Waals surface area contributed by atoms with Crippen molar-refractivity contribution < 1.29 is 0 Å². The van der Waals surface area contributed by atoms with Crippen LogP contribution in [0.2, 0.25) is 0 Å². The Hall–Kier alpha value is -2.39. The molecule has 0 saturated carbocycles. The van der Waals surface area contributed by atoms with Gasteiger partial charge in [-0.15, -0.1) is 0 Å². The van der Waals surface area contributed by atoms with Crippen molar-refractivity contribution in [3.8, 4) is 11.3 Å². The molecular formula is C18H19N3. The third-order valence-corrected chi connectivity index (χ3v) is 3.60. The summed E-state index contributed by atoms with van der Waals surface area (Å²) in [6, 6.07) is 20.3. The maximum absolute atomic E-state index is 6.29. The van der Waals surface area contributed by atoms with E-state index in [1.807, 2.05) is 43.3 Å². The summed E-state index contributed by atoms with van der Waals surface area (Å²) in [5, 5.41) is 0. The highest BCUT2D eigenvalue weighted by atomic mass is 15.0. The molecule has 2 aromatic carbocycles. The van der Waals surface area contributed by atoms with Gasteiger partial charge in [-0.25, -0.2) is 4.98 Å². The van der Waals surface area contributed by atoms with E-state index in [0.717, 1.165) is 29.2 Å². The zero-order chi connectivity index (χ0) is 14.7. The van der Waals surface area contributed by atoms with Gasteiger partial charge in [-0.2, -0.15) is 0 Å². The molecule has 1 atom stereocenters. The van der Waals surface area contributed by atoms with E-state index in [2.05, 4.69) is 29.2 Å². The lowest BCUT2D eigenvalue weighted by Crippen LogP contribution is -2.15. The Bertz CT molecular complexity index is 702. The van der Waals surface area contributed by atoms with Crippen molar-refractivity contribution in [2.24, 2.45) is 5.73 Å². The molecule has 21 heavy (non-hydrogen) atoms. The molecule has 0 spiro atoms. The number of aryl methyl sites for hydroxylation is 1. The minimum Gasteiger partial charge on any atom is -0.344 e. The van der Waals surface area contributed by atoms with Crippen molar-refractivity contribution in [1.82, 2.24) is 9.97 Å². The van der Waals surface area contributed by atoms with E-state index < -0.39 is 0 Å². The minimum atomic E-state index is -0.122. The number of benzene rings is 2. The average Bonchev–Trinajstić information content (AvgIpc) is 2.91. The molecule has 0 aliphatic carbocycles. The molecule has 3 rings (SSSR count). The summed E-state index contributed by atoms with van der Waals surface area (Å²) in [6.45, 7) is 2.04. The van der Waals surface area contributed by atoms with Crippen molar-refractivity contribution in [3.63, 3.8) is 0 Å². The molecule has 1 aromatic heterocycles. The Morgan fingerprint density at radius 2 is 1.62 bits per heavy atom. The third kappa shape index (κ3) is 3.03. The number of aromatic nitrogens is 2. The highest BCUT2D eigenvalue weighted by Gasteiger charge is 2.14. The number of hydrogen-bond donors (Lipinski definition) is 2.